The molecule has 1 aromatic carbocycles. The molecule has 1 N–H and O–H groups in total. The Balaban J connectivity index is 1.54. The Morgan fingerprint density at radius 3 is 2.43 bits per heavy atom. The number of ether oxygens (including phenoxy) is 1. The van der Waals surface area contributed by atoms with Crippen molar-refractivity contribution in [3.8, 4) is 0 Å². The Hall–Kier alpha value is -1.24. The van der Waals surface area contributed by atoms with Crippen molar-refractivity contribution >= 4 is 17.7 Å². The van der Waals surface area contributed by atoms with Gasteiger partial charge in [-0.05, 0) is 31.1 Å². The lowest BCUT2D eigenvalue weighted by Crippen LogP contribution is -2.55. The van der Waals surface area contributed by atoms with Crippen LogP contribution in [0.2, 0.25) is 0 Å². The van der Waals surface area contributed by atoms with Crippen molar-refractivity contribution in [1.29, 1.82) is 0 Å². The summed E-state index contributed by atoms with van der Waals surface area (Å²) in [6, 6.07) is 11.4. The van der Waals surface area contributed by atoms with Crippen LogP contribution in [0, 0.1) is 0 Å². The van der Waals surface area contributed by atoms with Gasteiger partial charge in [-0.15, -0.1) is 0 Å². The number of benzene rings is 1. The summed E-state index contributed by atoms with van der Waals surface area (Å²) < 4.78 is 5.84. The molecular weight excluding hydrogens is 368 g/mol. The van der Waals surface area contributed by atoms with E-state index in [4.69, 9.17) is 4.74 Å². The van der Waals surface area contributed by atoms with Gasteiger partial charge in [-0.25, -0.2) is 0 Å². The van der Waals surface area contributed by atoms with Crippen LogP contribution in [0.25, 0.3) is 0 Å². The molecule has 2 aliphatic rings. The zero-order valence-corrected chi connectivity index (χ0v) is 18.5. The Kier molecular flexibility index (Phi) is 8.06. The number of thioether (sulfide) groups is 1. The number of guanidine groups is 1. The molecule has 156 valence electrons. The van der Waals surface area contributed by atoms with Gasteiger partial charge in [0.15, 0.2) is 5.96 Å². The number of aliphatic imine (C=N–C) groups is 1. The highest BCUT2D eigenvalue weighted by Crippen LogP contribution is 2.33. The highest BCUT2D eigenvalue weighted by Gasteiger charge is 2.33. The van der Waals surface area contributed by atoms with Crippen molar-refractivity contribution < 1.29 is 4.74 Å². The molecule has 2 heterocycles. The monoisotopic (exact) mass is 404 g/mol. The molecule has 1 unspecified atom stereocenters. The van der Waals surface area contributed by atoms with Crippen LogP contribution in [-0.4, -0.2) is 79.7 Å². The van der Waals surface area contributed by atoms with Crippen molar-refractivity contribution in [1.82, 2.24) is 15.1 Å². The van der Waals surface area contributed by atoms with Gasteiger partial charge in [0.05, 0.1) is 0 Å². The molecule has 0 amide bonds. The highest BCUT2D eigenvalue weighted by atomic mass is 32.2. The van der Waals surface area contributed by atoms with Crippen molar-refractivity contribution in [2.75, 3.05) is 59.2 Å². The van der Waals surface area contributed by atoms with Crippen molar-refractivity contribution in [2.24, 2.45) is 4.99 Å². The summed E-state index contributed by atoms with van der Waals surface area (Å²) in [4.78, 5) is 9.63. The molecule has 28 heavy (non-hydrogen) atoms. The highest BCUT2D eigenvalue weighted by molar-refractivity contribution is 8.00. The summed E-state index contributed by atoms with van der Waals surface area (Å²) in [6.45, 7) is 9.21. The standard InChI is InChI=1S/C22H36N4OS/c1-4-20(19-8-6-5-7-9-19)25-12-14-26(15-13-25)21(23-2)24-18-22(28-3)10-16-27-17-11-22/h5-9,20H,4,10-18H2,1-3H3,(H,23,24). The van der Waals surface area contributed by atoms with E-state index in [1.807, 2.05) is 18.8 Å². The normalized spacial score (nSPS) is 22.1. The SMILES string of the molecule is CCC(c1ccccc1)N1CCN(C(=NC)NCC2(SC)CCOCC2)CC1. The summed E-state index contributed by atoms with van der Waals surface area (Å²) >= 11 is 1.97. The zero-order chi connectivity index (χ0) is 19.8. The minimum atomic E-state index is 0.274. The predicted octanol–water partition coefficient (Wildman–Crippen LogP) is 3.24. The fraction of sp³-hybridized carbons (Fsp3) is 0.682. The molecule has 2 aliphatic heterocycles. The Morgan fingerprint density at radius 1 is 1.18 bits per heavy atom. The first-order chi connectivity index (χ1) is 13.7. The second-order valence-corrected chi connectivity index (χ2v) is 9.03. The first-order valence-electron chi connectivity index (χ1n) is 10.6. The molecule has 0 spiro atoms. The van der Waals surface area contributed by atoms with Gasteiger partial charge in [-0.3, -0.25) is 9.89 Å². The van der Waals surface area contributed by atoms with Crippen LogP contribution < -0.4 is 5.32 Å². The Morgan fingerprint density at radius 2 is 1.86 bits per heavy atom. The first-order valence-corrected chi connectivity index (χ1v) is 11.8. The largest absolute Gasteiger partial charge is 0.381 e. The lowest BCUT2D eigenvalue weighted by Gasteiger charge is -2.41. The number of hydrogen-bond donors (Lipinski definition) is 1. The summed E-state index contributed by atoms with van der Waals surface area (Å²) in [5.74, 6) is 1.05. The third-order valence-electron chi connectivity index (χ3n) is 6.24. The quantitative estimate of drug-likeness (QED) is 0.582. The van der Waals surface area contributed by atoms with Crippen molar-refractivity contribution in [2.45, 2.75) is 37.0 Å². The van der Waals surface area contributed by atoms with Crippen LogP contribution >= 0.6 is 11.8 Å². The van der Waals surface area contributed by atoms with E-state index >= 15 is 0 Å². The van der Waals surface area contributed by atoms with Crippen LogP contribution in [0.1, 0.15) is 37.8 Å². The molecule has 5 nitrogen and oxygen atoms in total. The number of nitrogens with zero attached hydrogens (tertiary/aromatic N) is 3. The fourth-order valence-corrected chi connectivity index (χ4v) is 5.19. The van der Waals surface area contributed by atoms with E-state index < -0.39 is 0 Å². The molecule has 0 aliphatic carbocycles. The molecule has 2 saturated heterocycles. The van der Waals surface area contributed by atoms with E-state index in [9.17, 15) is 0 Å². The van der Waals surface area contributed by atoms with E-state index in [2.05, 4.69) is 63.6 Å². The van der Waals surface area contributed by atoms with Crippen molar-refractivity contribution in [3.05, 3.63) is 35.9 Å². The zero-order valence-electron chi connectivity index (χ0n) is 17.7. The first kappa shape index (κ1) is 21.5. The van der Waals surface area contributed by atoms with Gasteiger partial charge >= 0.3 is 0 Å². The summed E-state index contributed by atoms with van der Waals surface area (Å²) in [7, 11) is 1.91. The number of rotatable bonds is 6. The molecule has 3 rings (SSSR count). The maximum Gasteiger partial charge on any atom is 0.193 e. The Bertz CT molecular complexity index is 610. The van der Waals surface area contributed by atoms with E-state index in [-0.39, 0.29) is 4.75 Å². The van der Waals surface area contributed by atoms with E-state index in [0.717, 1.165) is 71.2 Å². The fourth-order valence-electron chi connectivity index (χ4n) is 4.39. The average molecular weight is 405 g/mol. The van der Waals surface area contributed by atoms with Gasteiger partial charge in [-0.1, -0.05) is 37.3 Å². The summed E-state index contributed by atoms with van der Waals surface area (Å²) in [5.41, 5.74) is 1.43. The predicted molar refractivity (Wildman–Crippen MR) is 120 cm³/mol. The van der Waals surface area contributed by atoms with Gasteiger partial charge in [0.25, 0.3) is 0 Å². The van der Waals surface area contributed by atoms with E-state index in [1.54, 1.807) is 0 Å². The maximum atomic E-state index is 5.57. The van der Waals surface area contributed by atoms with Crippen LogP contribution in [0.5, 0.6) is 0 Å². The summed E-state index contributed by atoms with van der Waals surface area (Å²) in [5, 5.41) is 3.67. The van der Waals surface area contributed by atoms with Crippen LogP contribution in [0.15, 0.2) is 35.3 Å². The number of nitrogens with one attached hydrogen (secondary N) is 1. The minimum absolute atomic E-state index is 0.274. The van der Waals surface area contributed by atoms with Gasteiger partial charge in [0.2, 0.25) is 0 Å². The lowest BCUT2D eigenvalue weighted by molar-refractivity contribution is 0.0778. The van der Waals surface area contributed by atoms with E-state index in [0.29, 0.717) is 6.04 Å². The average Bonchev–Trinajstić information content (AvgIpc) is 2.77. The van der Waals surface area contributed by atoms with E-state index in [1.165, 1.54) is 5.56 Å². The number of piperazine rings is 1. The van der Waals surface area contributed by atoms with Gasteiger partial charge in [-0.2, -0.15) is 11.8 Å². The van der Waals surface area contributed by atoms with Gasteiger partial charge in [0, 0.05) is 63.8 Å². The summed E-state index contributed by atoms with van der Waals surface area (Å²) in [6.07, 6.45) is 5.60. The minimum Gasteiger partial charge on any atom is -0.381 e. The van der Waals surface area contributed by atoms with Gasteiger partial charge in [0.1, 0.15) is 0 Å². The van der Waals surface area contributed by atoms with Crippen LogP contribution in [0.3, 0.4) is 0 Å². The Labute approximate surface area is 174 Å². The topological polar surface area (TPSA) is 40.1 Å². The van der Waals surface area contributed by atoms with Crippen LogP contribution in [0.4, 0.5) is 0 Å². The second-order valence-electron chi connectivity index (χ2n) is 7.76. The molecule has 0 saturated carbocycles. The molecule has 2 fully saturated rings. The van der Waals surface area contributed by atoms with Crippen LogP contribution in [-0.2, 0) is 4.74 Å². The molecule has 0 bridgehead atoms. The molecule has 1 atom stereocenters. The lowest BCUT2D eigenvalue weighted by atomic mass is 9.99. The maximum absolute atomic E-state index is 5.57. The molecule has 0 radical (unpaired) electrons. The van der Waals surface area contributed by atoms with Gasteiger partial charge < -0.3 is 15.0 Å². The third-order valence-corrected chi connectivity index (χ3v) is 7.66. The molecule has 0 aromatic heterocycles. The molecule has 1 aromatic rings. The molecule has 6 heteroatoms. The second kappa shape index (κ2) is 10.5. The van der Waals surface area contributed by atoms with Crippen molar-refractivity contribution in [3.63, 3.8) is 0 Å². The molecular formula is C22H36N4OS. The number of hydrogen-bond acceptors (Lipinski definition) is 4. The smallest absolute Gasteiger partial charge is 0.193 e. The third kappa shape index (κ3) is 5.22.